The van der Waals surface area contributed by atoms with Crippen molar-refractivity contribution in [2.24, 2.45) is 0 Å². The molecular weight excluding hydrogens is 294 g/mol. The zero-order valence-corrected chi connectivity index (χ0v) is 12.6. The van der Waals surface area contributed by atoms with Gasteiger partial charge in [0.05, 0.1) is 18.7 Å². The van der Waals surface area contributed by atoms with Gasteiger partial charge in [0.1, 0.15) is 12.2 Å². The van der Waals surface area contributed by atoms with Gasteiger partial charge in [0.15, 0.2) is 0 Å². The number of pyridine rings is 1. The number of benzene rings is 1. The van der Waals surface area contributed by atoms with Gasteiger partial charge in [0.2, 0.25) is 0 Å². The van der Waals surface area contributed by atoms with Crippen molar-refractivity contribution in [2.45, 2.75) is 13.0 Å². The molecule has 2 heterocycles. The van der Waals surface area contributed by atoms with E-state index in [4.69, 9.17) is 15.1 Å². The molecule has 0 radical (unpaired) electrons. The highest BCUT2D eigenvalue weighted by atomic mass is 16.6. The first kappa shape index (κ1) is 15.0. The monoisotopic (exact) mass is 309 g/mol. The Morgan fingerprint density at radius 3 is 2.91 bits per heavy atom. The van der Waals surface area contributed by atoms with E-state index in [0.29, 0.717) is 12.1 Å². The molecule has 0 saturated carbocycles. The van der Waals surface area contributed by atoms with Crippen LogP contribution in [0.1, 0.15) is 11.1 Å². The maximum absolute atomic E-state index is 11.8. The maximum Gasteiger partial charge on any atom is 0.414 e. The van der Waals surface area contributed by atoms with Gasteiger partial charge in [-0.1, -0.05) is 6.07 Å². The van der Waals surface area contributed by atoms with Gasteiger partial charge >= 0.3 is 6.09 Å². The Kier molecular flexibility index (Phi) is 3.96. The number of hydrogen-bond donors (Lipinski definition) is 1. The quantitative estimate of drug-likeness (QED) is 0.939. The highest BCUT2D eigenvalue weighted by Crippen LogP contribution is 2.29. The Bertz CT molecular complexity index is 798. The van der Waals surface area contributed by atoms with Crippen LogP contribution in [0, 0.1) is 18.3 Å². The first-order chi connectivity index (χ1) is 11.1. The second-order valence-corrected chi connectivity index (χ2v) is 5.37. The smallest absolute Gasteiger partial charge is 0.414 e. The normalized spacial score (nSPS) is 17.0. The number of aryl methyl sites for hydroxylation is 1. The number of ether oxygens (including phenoxy) is 1. The van der Waals surface area contributed by atoms with E-state index >= 15 is 0 Å². The molecule has 1 aliphatic heterocycles. The van der Waals surface area contributed by atoms with Crippen LogP contribution in [0.4, 0.5) is 10.5 Å². The predicted molar refractivity (Wildman–Crippen MR) is 83.8 cm³/mol. The summed E-state index contributed by atoms with van der Waals surface area (Å²) in [5.74, 6) is 0. The molecule has 1 saturated heterocycles. The number of hydrogen-bond acceptors (Lipinski definition) is 5. The fourth-order valence-electron chi connectivity index (χ4n) is 2.62. The van der Waals surface area contributed by atoms with E-state index in [2.05, 4.69) is 11.1 Å². The lowest BCUT2D eigenvalue weighted by Crippen LogP contribution is -2.25. The number of cyclic esters (lactones) is 1. The van der Waals surface area contributed by atoms with Crippen molar-refractivity contribution in [1.82, 2.24) is 4.98 Å². The van der Waals surface area contributed by atoms with Gasteiger partial charge in [-0.15, -0.1) is 0 Å². The number of carbonyl (C=O) groups is 1. The Balaban J connectivity index is 1.92. The largest absolute Gasteiger partial charge is 0.441 e. The fraction of sp³-hybridized carbons (Fsp3) is 0.235. The van der Waals surface area contributed by atoms with Crippen LogP contribution in [0.3, 0.4) is 0 Å². The van der Waals surface area contributed by atoms with Gasteiger partial charge in [0.25, 0.3) is 0 Å². The van der Waals surface area contributed by atoms with Gasteiger partial charge in [-0.2, -0.15) is 5.26 Å². The summed E-state index contributed by atoms with van der Waals surface area (Å²) < 4.78 is 5.05. The lowest BCUT2D eigenvalue weighted by molar-refractivity contribution is 0.0963. The average molecular weight is 309 g/mol. The van der Waals surface area contributed by atoms with E-state index in [0.717, 1.165) is 22.4 Å². The maximum atomic E-state index is 11.8. The first-order valence-electron chi connectivity index (χ1n) is 7.17. The molecule has 1 fully saturated rings. The van der Waals surface area contributed by atoms with Crippen molar-refractivity contribution in [3.63, 3.8) is 0 Å². The molecule has 6 heteroatoms. The Hall–Kier alpha value is -2.91. The third-order valence-corrected chi connectivity index (χ3v) is 3.78. The molecule has 1 amide bonds. The third kappa shape index (κ3) is 2.87. The zero-order valence-electron chi connectivity index (χ0n) is 12.6. The summed E-state index contributed by atoms with van der Waals surface area (Å²) >= 11 is 0. The van der Waals surface area contributed by atoms with E-state index in [1.165, 1.54) is 11.1 Å². The summed E-state index contributed by atoms with van der Waals surface area (Å²) in [6, 6.07) is 9.45. The van der Waals surface area contributed by atoms with Crippen LogP contribution >= 0.6 is 0 Å². The Morgan fingerprint density at radius 1 is 1.43 bits per heavy atom. The number of carbonyl (C=O) groups excluding carboxylic acids is 1. The van der Waals surface area contributed by atoms with E-state index in [9.17, 15) is 4.79 Å². The van der Waals surface area contributed by atoms with Crippen molar-refractivity contribution >= 4 is 11.8 Å². The van der Waals surface area contributed by atoms with Crippen molar-refractivity contribution in [1.29, 1.82) is 5.26 Å². The van der Waals surface area contributed by atoms with Gasteiger partial charge < -0.3 is 9.84 Å². The van der Waals surface area contributed by atoms with E-state index in [1.54, 1.807) is 12.3 Å². The summed E-state index contributed by atoms with van der Waals surface area (Å²) in [5, 5.41) is 18.1. The van der Waals surface area contributed by atoms with Crippen LogP contribution in [-0.2, 0) is 4.74 Å². The number of anilines is 1. The lowest BCUT2D eigenvalue weighted by atomic mass is 10.0. The molecule has 0 aliphatic carbocycles. The van der Waals surface area contributed by atoms with E-state index < -0.39 is 12.2 Å². The van der Waals surface area contributed by atoms with Crippen molar-refractivity contribution in [3.05, 3.63) is 47.8 Å². The summed E-state index contributed by atoms with van der Waals surface area (Å²) in [6.07, 6.45) is 2.28. The number of nitriles is 1. The Morgan fingerprint density at radius 2 is 2.26 bits per heavy atom. The van der Waals surface area contributed by atoms with Gasteiger partial charge in [-0.3, -0.25) is 9.88 Å². The summed E-state index contributed by atoms with van der Waals surface area (Å²) in [4.78, 5) is 17.4. The molecule has 1 atom stereocenters. The highest BCUT2D eigenvalue weighted by Gasteiger charge is 2.31. The number of rotatable bonds is 3. The molecular formula is C17H15N3O3. The molecule has 23 heavy (non-hydrogen) atoms. The molecule has 2 aromatic rings. The van der Waals surface area contributed by atoms with Gasteiger partial charge in [-0.25, -0.2) is 4.79 Å². The minimum absolute atomic E-state index is 0.189. The standard InChI is InChI=1S/C17H15N3O3/c1-11-4-14(20-9-15(10-21)23-17(20)22)2-3-16(11)13-5-12(6-18)7-19-8-13/h2-5,7-8,15,21H,9-10H2,1H3/t15-/m1/s1. The molecule has 1 aliphatic rings. The second-order valence-electron chi connectivity index (χ2n) is 5.37. The minimum atomic E-state index is -0.487. The van der Waals surface area contributed by atoms with Crippen LogP contribution in [0.25, 0.3) is 11.1 Å². The van der Waals surface area contributed by atoms with Crippen LogP contribution in [0.2, 0.25) is 0 Å². The number of amides is 1. The van der Waals surface area contributed by atoms with Crippen molar-refractivity contribution in [3.8, 4) is 17.2 Å². The minimum Gasteiger partial charge on any atom is -0.441 e. The molecule has 1 N–H and O–H groups in total. The van der Waals surface area contributed by atoms with Crippen LogP contribution in [0.5, 0.6) is 0 Å². The molecule has 0 bridgehead atoms. The number of aliphatic hydroxyl groups is 1. The molecule has 3 rings (SSSR count). The fourth-order valence-corrected chi connectivity index (χ4v) is 2.62. The molecule has 1 aromatic carbocycles. The molecule has 116 valence electrons. The second kappa shape index (κ2) is 6.07. The van der Waals surface area contributed by atoms with Crippen LogP contribution in [-0.4, -0.2) is 35.4 Å². The van der Waals surface area contributed by atoms with Crippen molar-refractivity contribution in [2.75, 3.05) is 18.1 Å². The number of aliphatic hydroxyl groups excluding tert-OH is 1. The number of aromatic nitrogens is 1. The van der Waals surface area contributed by atoms with E-state index in [-0.39, 0.29) is 6.61 Å². The van der Waals surface area contributed by atoms with Crippen LogP contribution < -0.4 is 4.90 Å². The first-order valence-corrected chi connectivity index (χ1v) is 7.17. The predicted octanol–water partition coefficient (Wildman–Crippen LogP) is 2.25. The zero-order chi connectivity index (χ0) is 16.4. The SMILES string of the molecule is Cc1cc(N2C[C@H](CO)OC2=O)ccc1-c1cncc(C#N)c1. The highest BCUT2D eigenvalue weighted by molar-refractivity contribution is 5.90. The van der Waals surface area contributed by atoms with E-state index in [1.807, 2.05) is 25.1 Å². The third-order valence-electron chi connectivity index (χ3n) is 3.78. The average Bonchev–Trinajstić information content (AvgIpc) is 2.96. The summed E-state index contributed by atoms with van der Waals surface area (Å²) in [5.41, 5.74) is 3.98. The molecule has 6 nitrogen and oxygen atoms in total. The van der Waals surface area contributed by atoms with Gasteiger partial charge in [-0.05, 0) is 36.2 Å². The molecule has 1 aromatic heterocycles. The molecule has 0 unspecified atom stereocenters. The van der Waals surface area contributed by atoms with Crippen molar-refractivity contribution < 1.29 is 14.6 Å². The Labute approximate surface area is 133 Å². The topological polar surface area (TPSA) is 86.5 Å². The summed E-state index contributed by atoms with van der Waals surface area (Å²) in [7, 11) is 0. The lowest BCUT2D eigenvalue weighted by Gasteiger charge is -2.15. The van der Waals surface area contributed by atoms with Crippen LogP contribution in [0.15, 0.2) is 36.7 Å². The summed E-state index contributed by atoms with van der Waals surface area (Å²) in [6.45, 7) is 2.08. The number of nitrogens with zero attached hydrogens (tertiary/aromatic N) is 3. The molecule has 0 spiro atoms. The van der Waals surface area contributed by atoms with Gasteiger partial charge in [0, 0.05) is 23.6 Å².